The van der Waals surface area contributed by atoms with E-state index >= 15 is 0 Å². The van der Waals surface area contributed by atoms with Gasteiger partial charge in [0.25, 0.3) is 0 Å². The van der Waals surface area contributed by atoms with Crippen LogP contribution in [0.2, 0.25) is 0 Å². The van der Waals surface area contributed by atoms with Gasteiger partial charge >= 0.3 is 24.5 Å². The van der Waals surface area contributed by atoms with Crippen molar-refractivity contribution in [2.24, 2.45) is 4.99 Å². The topological polar surface area (TPSA) is 183 Å². The molecule has 0 unspecified atom stereocenters. The van der Waals surface area contributed by atoms with Crippen molar-refractivity contribution in [3.8, 4) is 5.75 Å². The van der Waals surface area contributed by atoms with Gasteiger partial charge in [0.05, 0.1) is 23.5 Å². The van der Waals surface area contributed by atoms with E-state index in [-0.39, 0.29) is 49.0 Å². The van der Waals surface area contributed by atoms with Crippen LogP contribution in [0.4, 0.5) is 38.9 Å². The minimum absolute atomic E-state index is 0.0505. The van der Waals surface area contributed by atoms with Crippen LogP contribution >= 0.6 is 0 Å². The molecule has 0 aliphatic carbocycles. The predicted molar refractivity (Wildman–Crippen MR) is 176 cm³/mol. The first-order valence-electron chi connectivity index (χ1n) is 15.8. The van der Waals surface area contributed by atoms with Crippen molar-refractivity contribution in [3.63, 3.8) is 0 Å². The normalized spacial score (nSPS) is 15.2. The number of carbonyl (C=O) groups excluding carboxylic acids is 4. The van der Waals surface area contributed by atoms with Crippen molar-refractivity contribution in [2.45, 2.75) is 117 Å². The molecule has 1 heterocycles. The Morgan fingerprint density at radius 2 is 1.43 bits per heavy atom. The number of rotatable bonds is 8. The van der Waals surface area contributed by atoms with E-state index in [9.17, 15) is 32.3 Å². The highest BCUT2D eigenvalue weighted by Gasteiger charge is 2.35. The second kappa shape index (κ2) is 16.3. The summed E-state index contributed by atoms with van der Waals surface area (Å²) in [5, 5.41) is 7.17. The highest BCUT2D eigenvalue weighted by molar-refractivity contribution is 6.01. The molecule has 1 aliphatic heterocycles. The molecule has 0 saturated carbocycles. The van der Waals surface area contributed by atoms with Gasteiger partial charge in [0.1, 0.15) is 22.9 Å². The van der Waals surface area contributed by atoms with Crippen molar-refractivity contribution < 1.29 is 51.3 Å². The molecule has 4 amide bonds. The number of likely N-dealkylation sites (tertiary alicyclic amines) is 1. The number of benzene rings is 1. The number of carbonyl (C=O) groups is 4. The maximum Gasteiger partial charge on any atom is 0.416 e. The highest BCUT2D eigenvalue weighted by atomic mass is 19.4. The van der Waals surface area contributed by atoms with Crippen LogP contribution in [0.1, 0.15) is 93.6 Å². The number of nitrogen functional groups attached to an aromatic ring is 1. The number of alkyl halides is 3. The van der Waals surface area contributed by atoms with E-state index in [1.807, 2.05) is 0 Å². The van der Waals surface area contributed by atoms with Crippen molar-refractivity contribution >= 4 is 41.5 Å². The van der Waals surface area contributed by atoms with Gasteiger partial charge in [0, 0.05) is 25.9 Å². The summed E-state index contributed by atoms with van der Waals surface area (Å²) >= 11 is 0. The van der Waals surface area contributed by atoms with Crippen molar-refractivity contribution in [2.75, 3.05) is 30.7 Å². The Hall–Kier alpha value is -4.44. The van der Waals surface area contributed by atoms with Gasteiger partial charge in [-0.05, 0) is 87.3 Å². The molecule has 5 N–H and O–H groups in total. The zero-order valence-electron chi connectivity index (χ0n) is 29.6. The molecular weight excluding hydrogens is 653 g/mol. The molecular formula is C32H49F3N6O8. The van der Waals surface area contributed by atoms with Gasteiger partial charge in [-0.1, -0.05) is 0 Å². The number of alkyl carbamates (subject to hydrolysis) is 2. The van der Waals surface area contributed by atoms with Crippen LogP contribution < -0.4 is 26.4 Å². The zero-order valence-corrected chi connectivity index (χ0v) is 29.6. The van der Waals surface area contributed by atoms with E-state index in [1.165, 1.54) is 4.90 Å². The Morgan fingerprint density at radius 1 is 0.878 bits per heavy atom. The lowest BCUT2D eigenvalue weighted by atomic mass is 10.1. The second-order valence-electron chi connectivity index (χ2n) is 14.4. The fraction of sp³-hybridized carbons (Fsp3) is 0.656. The second-order valence-corrected chi connectivity index (χ2v) is 14.4. The molecule has 0 spiro atoms. The van der Waals surface area contributed by atoms with E-state index in [2.05, 4.69) is 20.9 Å². The average Bonchev–Trinajstić information content (AvgIpc) is 3.35. The van der Waals surface area contributed by atoms with Crippen LogP contribution in [-0.4, -0.2) is 77.6 Å². The molecule has 17 heteroatoms. The number of unbranched alkanes of at least 4 members (excludes halogenated alkanes) is 1. The lowest BCUT2D eigenvalue weighted by Gasteiger charge is -2.24. The van der Waals surface area contributed by atoms with Gasteiger partial charge in [-0.3, -0.25) is 20.4 Å². The molecule has 1 fully saturated rings. The Balaban J connectivity index is 2.09. The van der Waals surface area contributed by atoms with Crippen LogP contribution in [-0.2, 0) is 25.2 Å². The molecule has 1 saturated heterocycles. The number of halogens is 3. The first kappa shape index (κ1) is 40.7. The summed E-state index contributed by atoms with van der Waals surface area (Å²) in [6.45, 7) is 15.6. The Kier molecular flexibility index (Phi) is 13.6. The molecule has 0 aromatic heterocycles. The van der Waals surface area contributed by atoms with E-state index in [4.69, 9.17) is 24.7 Å². The van der Waals surface area contributed by atoms with Crippen molar-refractivity contribution in [1.82, 2.24) is 15.5 Å². The number of nitrogens with zero attached hydrogens (tertiary/aromatic N) is 2. The smallest absolute Gasteiger partial charge is 0.416 e. The van der Waals surface area contributed by atoms with E-state index in [1.54, 1.807) is 62.3 Å². The number of ether oxygens (including phenoxy) is 4. The number of nitrogens with one attached hydrogen (secondary N) is 3. The monoisotopic (exact) mass is 702 g/mol. The molecule has 2 rings (SSSR count). The fourth-order valence-electron chi connectivity index (χ4n) is 4.23. The standard InChI is InChI=1S/C32H49F3N6O8/c1-29(2,3)47-26(43)39-25(40-27(44)48-30(4,5)6)37-14-11-10-12-23(42)38-22-17-19(32(33,34)35)16-21(36)24(22)46-20-13-15-41(18-20)28(45)49-31(7,8)9/h16-17,20H,10-15,18,36H2,1-9H3,(H,38,42)(H2,37,39,40,43,44)/t20-/m1/s1. The van der Waals surface area contributed by atoms with Crippen molar-refractivity contribution in [1.29, 1.82) is 0 Å². The first-order chi connectivity index (χ1) is 22.3. The minimum atomic E-state index is -4.75. The number of guanidine groups is 1. The maximum atomic E-state index is 13.6. The summed E-state index contributed by atoms with van der Waals surface area (Å²) in [6.07, 6.45) is -6.87. The maximum absolute atomic E-state index is 13.6. The summed E-state index contributed by atoms with van der Waals surface area (Å²) < 4.78 is 62.6. The van der Waals surface area contributed by atoms with Gasteiger partial charge in [-0.15, -0.1) is 0 Å². The molecule has 276 valence electrons. The average molecular weight is 703 g/mol. The van der Waals surface area contributed by atoms with Gasteiger partial charge in [0.15, 0.2) is 5.75 Å². The van der Waals surface area contributed by atoms with Gasteiger partial charge in [-0.25, -0.2) is 14.4 Å². The van der Waals surface area contributed by atoms with E-state index < -0.39 is 58.8 Å². The third kappa shape index (κ3) is 15.5. The molecule has 1 aromatic carbocycles. The van der Waals surface area contributed by atoms with Gasteiger partial charge < -0.3 is 34.9 Å². The summed E-state index contributed by atoms with van der Waals surface area (Å²) in [7, 11) is 0. The van der Waals surface area contributed by atoms with Crippen LogP contribution in [0.3, 0.4) is 0 Å². The third-order valence-corrected chi connectivity index (χ3v) is 6.12. The van der Waals surface area contributed by atoms with Gasteiger partial charge in [0.2, 0.25) is 11.9 Å². The van der Waals surface area contributed by atoms with Crippen LogP contribution in [0.15, 0.2) is 17.1 Å². The zero-order chi connectivity index (χ0) is 37.4. The van der Waals surface area contributed by atoms with Crippen LogP contribution in [0.5, 0.6) is 5.75 Å². The first-order valence-corrected chi connectivity index (χ1v) is 15.8. The van der Waals surface area contributed by atoms with Gasteiger partial charge in [-0.2, -0.15) is 13.2 Å². The summed E-state index contributed by atoms with van der Waals surface area (Å²) in [5.41, 5.74) is 1.95. The summed E-state index contributed by atoms with van der Waals surface area (Å²) in [4.78, 5) is 55.4. The SMILES string of the molecule is CC(C)(C)OC(=O)NC(=NCCCCC(=O)Nc1cc(C(F)(F)F)cc(N)c1O[C@@H]1CCN(C(=O)OC(C)(C)C)C1)NC(=O)OC(C)(C)C. The quantitative estimate of drug-likeness (QED) is 0.0807. The highest BCUT2D eigenvalue weighted by Crippen LogP contribution is 2.40. The molecule has 0 bridgehead atoms. The third-order valence-electron chi connectivity index (χ3n) is 6.12. The van der Waals surface area contributed by atoms with Crippen LogP contribution in [0.25, 0.3) is 0 Å². The molecule has 0 radical (unpaired) electrons. The Bertz CT molecular complexity index is 1350. The minimum Gasteiger partial charge on any atom is -0.484 e. The fourth-order valence-corrected chi connectivity index (χ4v) is 4.23. The number of amides is 4. The van der Waals surface area contributed by atoms with E-state index in [0.717, 1.165) is 12.1 Å². The van der Waals surface area contributed by atoms with Crippen molar-refractivity contribution in [3.05, 3.63) is 17.7 Å². The molecule has 1 atom stereocenters. The Morgan fingerprint density at radius 3 is 1.94 bits per heavy atom. The van der Waals surface area contributed by atoms with Crippen LogP contribution in [0, 0.1) is 0 Å². The lowest BCUT2D eigenvalue weighted by molar-refractivity contribution is -0.137. The number of anilines is 2. The molecule has 1 aromatic rings. The molecule has 49 heavy (non-hydrogen) atoms. The molecule has 1 aliphatic rings. The predicted octanol–water partition coefficient (Wildman–Crippen LogP) is 6.19. The lowest BCUT2D eigenvalue weighted by Crippen LogP contribution is -2.47. The number of hydrogen-bond donors (Lipinski definition) is 4. The Labute approximate surface area is 284 Å². The number of aliphatic imine (C=N–C) groups is 1. The number of nitrogens with two attached hydrogens (primary N) is 1. The largest absolute Gasteiger partial charge is 0.484 e. The molecule has 14 nitrogen and oxygen atoms in total. The summed E-state index contributed by atoms with van der Waals surface area (Å²) in [5.74, 6) is -0.993. The van der Waals surface area contributed by atoms with E-state index in [0.29, 0.717) is 19.4 Å². The number of hydrogen-bond acceptors (Lipinski definition) is 10. The summed E-state index contributed by atoms with van der Waals surface area (Å²) in [6, 6.07) is 1.46.